The van der Waals surface area contributed by atoms with Gasteiger partial charge in [0, 0.05) is 4.88 Å². The SMILES string of the molecule is CC(OCC(=O)NC(c1cccs1)C(C)C)C(=O)O. The van der Waals surface area contributed by atoms with Gasteiger partial charge in [0.05, 0.1) is 6.04 Å². The predicted molar refractivity (Wildman–Crippen MR) is 73.1 cm³/mol. The molecule has 0 bridgehead atoms. The van der Waals surface area contributed by atoms with Crippen LogP contribution in [0.3, 0.4) is 0 Å². The number of rotatable bonds is 7. The number of ether oxygens (including phenoxy) is 1. The van der Waals surface area contributed by atoms with Gasteiger partial charge in [-0.05, 0) is 24.3 Å². The monoisotopic (exact) mass is 285 g/mol. The van der Waals surface area contributed by atoms with Crippen LogP contribution in [0.4, 0.5) is 0 Å². The van der Waals surface area contributed by atoms with Gasteiger partial charge in [0.1, 0.15) is 6.61 Å². The fraction of sp³-hybridized carbons (Fsp3) is 0.538. The number of amides is 1. The zero-order valence-corrected chi connectivity index (χ0v) is 12.1. The van der Waals surface area contributed by atoms with E-state index in [0.717, 1.165) is 4.88 Å². The van der Waals surface area contributed by atoms with E-state index in [1.54, 1.807) is 11.3 Å². The Hall–Kier alpha value is -1.40. The molecular formula is C13H19NO4S. The van der Waals surface area contributed by atoms with Crippen molar-refractivity contribution in [2.45, 2.75) is 32.9 Å². The van der Waals surface area contributed by atoms with E-state index >= 15 is 0 Å². The molecule has 2 atom stereocenters. The number of aliphatic carboxylic acids is 1. The van der Waals surface area contributed by atoms with Crippen molar-refractivity contribution in [1.29, 1.82) is 0 Å². The first-order chi connectivity index (χ1) is 8.91. The molecule has 1 rings (SSSR count). The highest BCUT2D eigenvalue weighted by Gasteiger charge is 2.20. The van der Waals surface area contributed by atoms with Crippen molar-refractivity contribution < 1.29 is 19.4 Å². The maximum Gasteiger partial charge on any atom is 0.332 e. The van der Waals surface area contributed by atoms with E-state index in [2.05, 4.69) is 5.32 Å². The number of carbonyl (C=O) groups is 2. The first-order valence-corrected chi connectivity index (χ1v) is 6.97. The fourth-order valence-electron chi connectivity index (χ4n) is 1.52. The Balaban J connectivity index is 2.51. The molecule has 0 aliphatic heterocycles. The van der Waals surface area contributed by atoms with Crippen molar-refractivity contribution in [1.82, 2.24) is 5.32 Å². The zero-order chi connectivity index (χ0) is 14.4. The van der Waals surface area contributed by atoms with Crippen molar-refractivity contribution in [2.75, 3.05) is 6.61 Å². The quantitative estimate of drug-likeness (QED) is 0.804. The zero-order valence-electron chi connectivity index (χ0n) is 11.3. The van der Waals surface area contributed by atoms with Crippen LogP contribution in [0.15, 0.2) is 17.5 Å². The summed E-state index contributed by atoms with van der Waals surface area (Å²) >= 11 is 1.58. The molecule has 0 aliphatic carbocycles. The third kappa shape index (κ3) is 5.00. The van der Waals surface area contributed by atoms with E-state index in [1.807, 2.05) is 31.4 Å². The fourth-order valence-corrected chi connectivity index (χ4v) is 2.47. The summed E-state index contributed by atoms with van der Waals surface area (Å²) in [5, 5.41) is 13.5. The molecule has 6 heteroatoms. The summed E-state index contributed by atoms with van der Waals surface area (Å²) in [6, 6.07) is 3.83. The molecule has 0 saturated heterocycles. The van der Waals surface area contributed by atoms with E-state index in [1.165, 1.54) is 6.92 Å². The van der Waals surface area contributed by atoms with Crippen molar-refractivity contribution in [3.63, 3.8) is 0 Å². The average Bonchev–Trinajstić information content (AvgIpc) is 2.85. The lowest BCUT2D eigenvalue weighted by atomic mass is 10.0. The first-order valence-electron chi connectivity index (χ1n) is 6.09. The van der Waals surface area contributed by atoms with Crippen LogP contribution in [0.2, 0.25) is 0 Å². The highest BCUT2D eigenvalue weighted by Crippen LogP contribution is 2.25. The molecule has 5 nitrogen and oxygen atoms in total. The van der Waals surface area contributed by atoms with Crippen LogP contribution in [0.1, 0.15) is 31.7 Å². The summed E-state index contributed by atoms with van der Waals surface area (Å²) in [7, 11) is 0. The number of hydrogen-bond donors (Lipinski definition) is 2. The first kappa shape index (κ1) is 15.7. The molecule has 1 heterocycles. The van der Waals surface area contributed by atoms with E-state index in [9.17, 15) is 9.59 Å². The van der Waals surface area contributed by atoms with E-state index < -0.39 is 12.1 Å². The Kier molecular flexibility index (Phi) is 5.98. The molecule has 1 aromatic heterocycles. The summed E-state index contributed by atoms with van der Waals surface area (Å²) < 4.78 is 4.95. The molecule has 1 aromatic rings. The van der Waals surface area contributed by atoms with Crippen LogP contribution in [0, 0.1) is 5.92 Å². The largest absolute Gasteiger partial charge is 0.479 e. The van der Waals surface area contributed by atoms with Gasteiger partial charge in [-0.1, -0.05) is 19.9 Å². The molecule has 2 unspecified atom stereocenters. The summed E-state index contributed by atoms with van der Waals surface area (Å²) in [6.45, 7) is 5.19. The molecule has 0 spiro atoms. The summed E-state index contributed by atoms with van der Waals surface area (Å²) in [5.41, 5.74) is 0. The van der Waals surface area contributed by atoms with Gasteiger partial charge in [-0.2, -0.15) is 0 Å². The Bertz CT molecular complexity index is 416. The predicted octanol–water partition coefficient (Wildman–Crippen LogP) is 2.05. The van der Waals surface area contributed by atoms with E-state index in [4.69, 9.17) is 9.84 Å². The minimum Gasteiger partial charge on any atom is -0.479 e. The molecule has 0 saturated carbocycles. The molecular weight excluding hydrogens is 266 g/mol. The Morgan fingerprint density at radius 2 is 2.11 bits per heavy atom. The van der Waals surface area contributed by atoms with Crippen LogP contribution >= 0.6 is 11.3 Å². The van der Waals surface area contributed by atoms with Gasteiger partial charge < -0.3 is 15.2 Å². The number of thiophene rings is 1. The molecule has 2 N–H and O–H groups in total. The number of hydrogen-bond acceptors (Lipinski definition) is 4. The van der Waals surface area contributed by atoms with Crippen molar-refractivity contribution in [3.05, 3.63) is 22.4 Å². The maximum absolute atomic E-state index is 11.8. The maximum atomic E-state index is 11.8. The Labute approximate surface area is 116 Å². The molecule has 106 valence electrons. The second-order valence-electron chi connectivity index (χ2n) is 4.60. The summed E-state index contributed by atoms with van der Waals surface area (Å²) in [5.74, 6) is -1.13. The van der Waals surface area contributed by atoms with Crippen LogP contribution < -0.4 is 5.32 Å². The molecule has 0 radical (unpaired) electrons. The van der Waals surface area contributed by atoms with Crippen molar-refractivity contribution in [2.24, 2.45) is 5.92 Å². The smallest absolute Gasteiger partial charge is 0.332 e. The lowest BCUT2D eigenvalue weighted by molar-refractivity contribution is -0.151. The highest BCUT2D eigenvalue weighted by atomic mass is 32.1. The van der Waals surface area contributed by atoms with Gasteiger partial charge in [0.25, 0.3) is 0 Å². The van der Waals surface area contributed by atoms with Gasteiger partial charge in [-0.25, -0.2) is 4.79 Å². The van der Waals surface area contributed by atoms with Gasteiger partial charge in [0.2, 0.25) is 5.91 Å². The lowest BCUT2D eigenvalue weighted by Crippen LogP contribution is -2.35. The van der Waals surface area contributed by atoms with Gasteiger partial charge >= 0.3 is 5.97 Å². The topological polar surface area (TPSA) is 75.6 Å². The van der Waals surface area contributed by atoms with E-state index in [0.29, 0.717) is 0 Å². The molecule has 1 amide bonds. The van der Waals surface area contributed by atoms with Crippen molar-refractivity contribution in [3.8, 4) is 0 Å². The number of carboxylic acid groups (broad SMARTS) is 1. The standard InChI is InChI=1S/C13H19NO4S/c1-8(2)12(10-5-4-6-19-10)14-11(15)7-18-9(3)13(16)17/h4-6,8-9,12H,7H2,1-3H3,(H,14,15)(H,16,17). The number of carbonyl (C=O) groups excluding carboxylic acids is 1. The highest BCUT2D eigenvalue weighted by molar-refractivity contribution is 7.10. The molecule has 19 heavy (non-hydrogen) atoms. The second-order valence-corrected chi connectivity index (χ2v) is 5.58. The molecule has 0 aromatic carbocycles. The number of carboxylic acids is 1. The Morgan fingerprint density at radius 1 is 1.42 bits per heavy atom. The van der Waals surface area contributed by atoms with Gasteiger partial charge in [-0.3, -0.25) is 4.79 Å². The molecule has 0 fully saturated rings. The van der Waals surface area contributed by atoms with Crippen LogP contribution in [0.25, 0.3) is 0 Å². The van der Waals surface area contributed by atoms with Crippen LogP contribution in [-0.4, -0.2) is 29.7 Å². The Morgan fingerprint density at radius 3 is 2.58 bits per heavy atom. The van der Waals surface area contributed by atoms with Gasteiger partial charge in [0.15, 0.2) is 6.10 Å². The minimum absolute atomic E-state index is 0.0729. The average molecular weight is 285 g/mol. The normalized spacial score (nSPS) is 14.1. The lowest BCUT2D eigenvalue weighted by Gasteiger charge is -2.21. The third-order valence-electron chi connectivity index (χ3n) is 2.65. The second kappa shape index (κ2) is 7.25. The van der Waals surface area contributed by atoms with Crippen molar-refractivity contribution >= 4 is 23.2 Å². The minimum atomic E-state index is -1.08. The summed E-state index contributed by atoms with van der Waals surface area (Å²) in [4.78, 5) is 23.4. The van der Waals surface area contributed by atoms with E-state index in [-0.39, 0.29) is 24.5 Å². The third-order valence-corrected chi connectivity index (χ3v) is 3.60. The molecule has 0 aliphatic rings. The van der Waals surface area contributed by atoms with Crippen LogP contribution in [-0.2, 0) is 14.3 Å². The summed E-state index contributed by atoms with van der Waals surface area (Å²) in [6.07, 6.45) is -0.981. The number of nitrogens with one attached hydrogen (secondary N) is 1. The van der Waals surface area contributed by atoms with Crippen LogP contribution in [0.5, 0.6) is 0 Å². The van der Waals surface area contributed by atoms with Gasteiger partial charge in [-0.15, -0.1) is 11.3 Å².